The highest BCUT2D eigenvalue weighted by molar-refractivity contribution is 9.10. The highest BCUT2D eigenvalue weighted by Crippen LogP contribution is 2.17. The van der Waals surface area contributed by atoms with E-state index in [2.05, 4.69) is 25.8 Å². The van der Waals surface area contributed by atoms with Crippen molar-refractivity contribution in [1.29, 1.82) is 0 Å². The molecule has 4 nitrogen and oxygen atoms in total. The van der Waals surface area contributed by atoms with Gasteiger partial charge in [0.15, 0.2) is 0 Å². The number of piperazine rings is 1. The first-order valence-electron chi connectivity index (χ1n) is 7.51. The van der Waals surface area contributed by atoms with E-state index in [1.54, 1.807) is 29.3 Å². The molecule has 0 unspecified atom stereocenters. The van der Waals surface area contributed by atoms with Crippen LogP contribution < -0.4 is 4.90 Å². The first-order valence-corrected chi connectivity index (χ1v) is 8.30. The lowest BCUT2D eigenvalue weighted by Gasteiger charge is -2.35. The first-order chi connectivity index (χ1) is 11.1. The van der Waals surface area contributed by atoms with Crippen molar-refractivity contribution < 1.29 is 9.18 Å². The summed E-state index contributed by atoms with van der Waals surface area (Å²) in [6.07, 6.45) is 1.88. The summed E-state index contributed by atoms with van der Waals surface area (Å²) in [7, 11) is 0. The number of aromatic nitrogens is 1. The van der Waals surface area contributed by atoms with Crippen molar-refractivity contribution in [3.63, 3.8) is 0 Å². The van der Waals surface area contributed by atoms with Crippen molar-refractivity contribution >= 4 is 27.7 Å². The van der Waals surface area contributed by atoms with Crippen LogP contribution in [0.1, 0.15) is 5.56 Å². The number of halogens is 2. The Labute approximate surface area is 143 Å². The van der Waals surface area contributed by atoms with Gasteiger partial charge in [-0.05, 0) is 39.7 Å². The molecule has 23 heavy (non-hydrogen) atoms. The van der Waals surface area contributed by atoms with E-state index in [9.17, 15) is 9.18 Å². The van der Waals surface area contributed by atoms with Gasteiger partial charge >= 0.3 is 0 Å². The molecule has 0 N–H and O–H groups in total. The molecule has 1 saturated heterocycles. The molecule has 1 fully saturated rings. The second-order valence-electron chi connectivity index (χ2n) is 5.47. The van der Waals surface area contributed by atoms with Crippen LogP contribution in [0, 0.1) is 5.82 Å². The van der Waals surface area contributed by atoms with Crippen molar-refractivity contribution in [2.75, 3.05) is 31.1 Å². The minimum atomic E-state index is -0.321. The number of amides is 1. The van der Waals surface area contributed by atoms with Gasteiger partial charge < -0.3 is 9.80 Å². The van der Waals surface area contributed by atoms with Crippen LogP contribution in [0.2, 0.25) is 0 Å². The van der Waals surface area contributed by atoms with Crippen LogP contribution in [0.25, 0.3) is 0 Å². The van der Waals surface area contributed by atoms with Crippen LogP contribution in [-0.4, -0.2) is 42.0 Å². The summed E-state index contributed by atoms with van der Waals surface area (Å²) in [5.41, 5.74) is 0.453. The van der Waals surface area contributed by atoms with Gasteiger partial charge in [-0.1, -0.05) is 18.2 Å². The normalized spacial score (nSPS) is 14.9. The molecule has 0 atom stereocenters. The van der Waals surface area contributed by atoms with Gasteiger partial charge in [0.2, 0.25) is 5.91 Å². The molecular formula is C17H17BrFN3O. The molecule has 0 bridgehead atoms. The van der Waals surface area contributed by atoms with Gasteiger partial charge in [-0.2, -0.15) is 0 Å². The van der Waals surface area contributed by atoms with E-state index < -0.39 is 0 Å². The molecular weight excluding hydrogens is 361 g/mol. The number of pyridine rings is 1. The highest BCUT2D eigenvalue weighted by Gasteiger charge is 2.22. The summed E-state index contributed by atoms with van der Waals surface area (Å²) in [6, 6.07) is 10.4. The fourth-order valence-electron chi connectivity index (χ4n) is 2.66. The zero-order valence-electron chi connectivity index (χ0n) is 12.6. The summed E-state index contributed by atoms with van der Waals surface area (Å²) in [5, 5.41) is 0. The Kier molecular flexibility index (Phi) is 4.91. The second kappa shape index (κ2) is 7.08. The molecule has 1 aliphatic heterocycles. The maximum Gasteiger partial charge on any atom is 0.227 e. The summed E-state index contributed by atoms with van der Waals surface area (Å²) < 4.78 is 14.6. The molecule has 0 aliphatic carbocycles. The number of benzene rings is 1. The highest BCUT2D eigenvalue weighted by atomic mass is 79.9. The van der Waals surface area contributed by atoms with E-state index in [0.29, 0.717) is 18.7 Å². The minimum Gasteiger partial charge on any atom is -0.353 e. The van der Waals surface area contributed by atoms with Gasteiger partial charge in [-0.15, -0.1) is 0 Å². The lowest BCUT2D eigenvalue weighted by atomic mass is 10.1. The van der Waals surface area contributed by atoms with Crippen molar-refractivity contribution in [2.45, 2.75) is 6.42 Å². The third kappa shape index (κ3) is 3.88. The summed E-state index contributed by atoms with van der Waals surface area (Å²) in [6.45, 7) is 2.73. The smallest absolute Gasteiger partial charge is 0.227 e. The van der Waals surface area contributed by atoms with Gasteiger partial charge in [0.25, 0.3) is 0 Å². The molecule has 3 rings (SSSR count). The third-order valence-electron chi connectivity index (χ3n) is 3.97. The Morgan fingerprint density at radius 1 is 1.13 bits per heavy atom. The maximum absolute atomic E-state index is 13.6. The van der Waals surface area contributed by atoms with E-state index in [0.717, 1.165) is 23.4 Å². The van der Waals surface area contributed by atoms with Crippen LogP contribution in [0.15, 0.2) is 47.1 Å². The molecule has 2 aromatic rings. The Morgan fingerprint density at radius 3 is 2.52 bits per heavy atom. The van der Waals surface area contributed by atoms with Crippen molar-refractivity contribution in [2.24, 2.45) is 0 Å². The molecule has 0 saturated carbocycles. The van der Waals surface area contributed by atoms with E-state index in [4.69, 9.17) is 0 Å². The van der Waals surface area contributed by atoms with Gasteiger partial charge in [0.05, 0.1) is 6.42 Å². The molecule has 1 aromatic carbocycles. The first kappa shape index (κ1) is 15.9. The predicted octanol–water partition coefficient (Wildman–Crippen LogP) is 2.87. The standard InChI is InChI=1S/C17H17BrFN3O/c18-14-5-6-16(20-12-14)21-7-9-22(10-8-21)17(23)11-13-3-1-2-4-15(13)19/h1-6,12H,7-11H2. The molecule has 2 heterocycles. The number of carbonyl (C=O) groups excluding carboxylic acids is 1. The minimum absolute atomic E-state index is 0.0292. The number of hydrogen-bond acceptors (Lipinski definition) is 3. The summed E-state index contributed by atoms with van der Waals surface area (Å²) in [5.74, 6) is 0.562. The lowest BCUT2D eigenvalue weighted by molar-refractivity contribution is -0.130. The van der Waals surface area contributed by atoms with E-state index in [1.807, 2.05) is 12.1 Å². The van der Waals surface area contributed by atoms with Crippen LogP contribution in [0.4, 0.5) is 10.2 Å². The molecule has 1 amide bonds. The monoisotopic (exact) mass is 377 g/mol. The number of carbonyl (C=O) groups is 1. The van der Waals surface area contributed by atoms with Gasteiger partial charge in [0, 0.05) is 36.8 Å². The van der Waals surface area contributed by atoms with Crippen LogP contribution in [0.3, 0.4) is 0 Å². The summed E-state index contributed by atoms with van der Waals surface area (Å²) in [4.78, 5) is 20.6. The Hall–Kier alpha value is -1.95. The number of hydrogen-bond donors (Lipinski definition) is 0. The van der Waals surface area contributed by atoms with Crippen LogP contribution >= 0.6 is 15.9 Å². The number of rotatable bonds is 3. The van der Waals surface area contributed by atoms with E-state index in [-0.39, 0.29) is 18.1 Å². The topological polar surface area (TPSA) is 36.4 Å². The molecule has 0 spiro atoms. The fraction of sp³-hybridized carbons (Fsp3) is 0.294. The van der Waals surface area contributed by atoms with Crippen LogP contribution in [0.5, 0.6) is 0 Å². The number of nitrogens with zero attached hydrogens (tertiary/aromatic N) is 3. The Morgan fingerprint density at radius 2 is 1.87 bits per heavy atom. The van der Waals surface area contributed by atoms with Crippen molar-refractivity contribution in [1.82, 2.24) is 9.88 Å². The molecule has 1 aliphatic rings. The SMILES string of the molecule is O=C(Cc1ccccc1F)N1CCN(c2ccc(Br)cn2)CC1. The largest absolute Gasteiger partial charge is 0.353 e. The fourth-order valence-corrected chi connectivity index (χ4v) is 2.89. The Bertz CT molecular complexity index is 684. The summed E-state index contributed by atoms with van der Waals surface area (Å²) >= 11 is 3.37. The lowest BCUT2D eigenvalue weighted by Crippen LogP contribution is -2.49. The van der Waals surface area contributed by atoms with E-state index >= 15 is 0 Å². The predicted molar refractivity (Wildman–Crippen MR) is 90.8 cm³/mol. The third-order valence-corrected chi connectivity index (χ3v) is 4.44. The second-order valence-corrected chi connectivity index (χ2v) is 6.39. The Balaban J connectivity index is 1.57. The van der Waals surface area contributed by atoms with Crippen molar-refractivity contribution in [3.8, 4) is 0 Å². The van der Waals surface area contributed by atoms with Gasteiger partial charge in [-0.25, -0.2) is 9.37 Å². The average molecular weight is 378 g/mol. The quantitative estimate of drug-likeness (QED) is 0.824. The van der Waals surface area contributed by atoms with E-state index in [1.165, 1.54) is 6.07 Å². The van der Waals surface area contributed by atoms with Gasteiger partial charge in [-0.3, -0.25) is 4.79 Å². The molecule has 6 heteroatoms. The molecule has 0 radical (unpaired) electrons. The number of anilines is 1. The maximum atomic E-state index is 13.6. The molecule has 120 valence electrons. The molecule has 1 aromatic heterocycles. The van der Waals surface area contributed by atoms with Gasteiger partial charge in [0.1, 0.15) is 11.6 Å². The van der Waals surface area contributed by atoms with Crippen LogP contribution in [-0.2, 0) is 11.2 Å². The van der Waals surface area contributed by atoms with Crippen molar-refractivity contribution in [3.05, 3.63) is 58.4 Å². The zero-order chi connectivity index (χ0) is 16.2. The zero-order valence-corrected chi connectivity index (χ0v) is 14.2. The average Bonchev–Trinajstić information content (AvgIpc) is 2.58.